The fourth-order valence-electron chi connectivity index (χ4n) is 8.36. The number of benzene rings is 4. The van der Waals surface area contributed by atoms with Gasteiger partial charge in [-0.2, -0.15) is 0 Å². The van der Waals surface area contributed by atoms with E-state index < -0.39 is 0 Å². The predicted molar refractivity (Wildman–Crippen MR) is 165 cm³/mol. The Morgan fingerprint density at radius 2 is 1.45 bits per heavy atom. The van der Waals surface area contributed by atoms with E-state index in [9.17, 15) is 4.79 Å². The quantitative estimate of drug-likeness (QED) is 0.235. The van der Waals surface area contributed by atoms with Gasteiger partial charge >= 0.3 is 0 Å². The summed E-state index contributed by atoms with van der Waals surface area (Å²) in [6, 6.07) is 34.3. The van der Waals surface area contributed by atoms with E-state index in [2.05, 4.69) is 107 Å². The number of fused-ring (bicyclic) bond motifs is 6. The summed E-state index contributed by atoms with van der Waals surface area (Å²) in [5, 5.41) is 2.62. The smallest absolute Gasteiger partial charge is 0.132 e. The maximum atomic E-state index is 11.9. The number of rotatable bonds is 3. The number of ketones is 1. The van der Waals surface area contributed by atoms with E-state index in [1.54, 1.807) is 0 Å². The van der Waals surface area contributed by atoms with Crippen molar-refractivity contribution in [3.05, 3.63) is 102 Å². The maximum absolute atomic E-state index is 11.9. The molecule has 3 atom stereocenters. The fourth-order valence-corrected chi connectivity index (χ4v) is 8.36. The van der Waals surface area contributed by atoms with Crippen LogP contribution in [0.4, 0.5) is 11.4 Å². The van der Waals surface area contributed by atoms with E-state index >= 15 is 0 Å². The molecule has 8 rings (SSSR count). The van der Waals surface area contributed by atoms with Gasteiger partial charge in [0, 0.05) is 52.6 Å². The third-order valence-corrected chi connectivity index (χ3v) is 10.2. The Kier molecular flexibility index (Phi) is 5.62. The number of hydrogen-bond acceptors (Lipinski definition) is 2. The largest absolute Gasteiger partial charge is 0.337 e. The van der Waals surface area contributed by atoms with Crippen LogP contribution in [0.15, 0.2) is 91.0 Å². The molecule has 0 N–H and O–H groups in total. The van der Waals surface area contributed by atoms with Gasteiger partial charge in [0.25, 0.3) is 0 Å². The summed E-state index contributed by atoms with van der Waals surface area (Å²) in [6.07, 6.45) is 7.56. The van der Waals surface area contributed by atoms with Crippen LogP contribution < -0.4 is 4.90 Å². The zero-order valence-corrected chi connectivity index (χ0v) is 23.2. The molecule has 1 aromatic heterocycles. The molecule has 200 valence electrons. The van der Waals surface area contributed by atoms with Crippen molar-refractivity contribution in [1.29, 1.82) is 0 Å². The van der Waals surface area contributed by atoms with Crippen LogP contribution in [0.5, 0.6) is 0 Å². The summed E-state index contributed by atoms with van der Waals surface area (Å²) in [5.74, 6) is 2.50. The molecule has 2 aliphatic carbocycles. The molecular weight excluding hydrogens is 488 g/mol. The van der Waals surface area contributed by atoms with Crippen LogP contribution >= 0.6 is 0 Å². The van der Waals surface area contributed by atoms with Crippen LogP contribution in [0.2, 0.25) is 0 Å². The molecule has 0 amide bonds. The number of carbonyl (C=O) groups is 1. The summed E-state index contributed by atoms with van der Waals surface area (Å²) in [4.78, 5) is 14.6. The number of aryl methyl sites for hydroxylation is 1. The summed E-state index contributed by atoms with van der Waals surface area (Å²) in [5.41, 5.74) is 9.30. The van der Waals surface area contributed by atoms with Gasteiger partial charge in [0.1, 0.15) is 5.78 Å². The summed E-state index contributed by atoms with van der Waals surface area (Å²) >= 11 is 0. The maximum Gasteiger partial charge on any atom is 0.132 e. The number of nitrogens with zero attached hydrogens (tertiary/aromatic N) is 2. The lowest BCUT2D eigenvalue weighted by molar-refractivity contribution is -0.121. The molecule has 2 saturated carbocycles. The van der Waals surface area contributed by atoms with Gasteiger partial charge in [-0.05, 0) is 98.9 Å². The van der Waals surface area contributed by atoms with Crippen LogP contribution in [0.25, 0.3) is 27.5 Å². The van der Waals surface area contributed by atoms with Crippen LogP contribution in [0, 0.1) is 18.8 Å². The minimum absolute atomic E-state index is 0.474. The standard InChI is InChI=1S/C37H36N2O/c1-24-11-18-35-31(21-24)32-22-26(25-12-16-29(40)17-13-25)14-19-36(32)39(35)28-15-20-37-33(23-28)30-9-5-6-10-34(30)38(37)27-7-3-2-4-8-27/h2-11,15,18,20-21,23,25-26,32,36H,12-14,16-17,19,22H2,1H3. The molecule has 1 aliphatic heterocycles. The highest BCUT2D eigenvalue weighted by Crippen LogP contribution is 2.54. The first kappa shape index (κ1) is 24.0. The number of carbonyl (C=O) groups excluding carboxylic acids is 1. The molecule has 2 fully saturated rings. The van der Waals surface area contributed by atoms with Crippen molar-refractivity contribution in [2.75, 3.05) is 4.90 Å². The van der Waals surface area contributed by atoms with Crippen molar-refractivity contribution in [3.63, 3.8) is 0 Å². The highest BCUT2D eigenvalue weighted by atomic mass is 16.1. The lowest BCUT2D eigenvalue weighted by Gasteiger charge is -2.40. The van der Waals surface area contributed by atoms with E-state index in [-0.39, 0.29) is 0 Å². The zero-order chi connectivity index (χ0) is 26.8. The molecule has 3 aliphatic rings. The van der Waals surface area contributed by atoms with Crippen LogP contribution in [0.1, 0.15) is 62.0 Å². The topological polar surface area (TPSA) is 25.2 Å². The molecule has 0 saturated heterocycles. The Hall–Kier alpha value is -3.85. The number of Topliss-reactive ketones (excluding diaryl/α,β-unsaturated/α-hetero) is 1. The highest BCUT2D eigenvalue weighted by molar-refractivity contribution is 6.10. The predicted octanol–water partition coefficient (Wildman–Crippen LogP) is 9.26. The third kappa shape index (κ3) is 3.74. The first-order valence-electron chi connectivity index (χ1n) is 15.2. The molecular formula is C37H36N2O. The van der Waals surface area contributed by atoms with Gasteiger partial charge in [-0.25, -0.2) is 0 Å². The Bertz CT molecular complexity index is 1740. The molecule has 40 heavy (non-hydrogen) atoms. The second kappa shape index (κ2) is 9.37. The molecule has 3 unspecified atom stereocenters. The Morgan fingerprint density at radius 3 is 2.30 bits per heavy atom. The molecule has 0 bridgehead atoms. The third-order valence-electron chi connectivity index (χ3n) is 10.2. The monoisotopic (exact) mass is 524 g/mol. The second-order valence-corrected chi connectivity index (χ2v) is 12.4. The van der Waals surface area contributed by atoms with Crippen LogP contribution in [-0.2, 0) is 4.79 Å². The summed E-state index contributed by atoms with van der Waals surface area (Å²) < 4.78 is 2.40. The van der Waals surface area contributed by atoms with Gasteiger partial charge < -0.3 is 9.47 Å². The molecule has 2 heterocycles. The van der Waals surface area contributed by atoms with Crippen molar-refractivity contribution >= 4 is 39.0 Å². The van der Waals surface area contributed by atoms with Gasteiger partial charge in [-0.15, -0.1) is 0 Å². The van der Waals surface area contributed by atoms with Gasteiger partial charge in [-0.3, -0.25) is 4.79 Å². The molecule has 0 spiro atoms. The van der Waals surface area contributed by atoms with Crippen molar-refractivity contribution in [1.82, 2.24) is 4.57 Å². The van der Waals surface area contributed by atoms with E-state index in [4.69, 9.17) is 0 Å². The summed E-state index contributed by atoms with van der Waals surface area (Å²) in [7, 11) is 0. The fraction of sp³-hybridized carbons (Fsp3) is 0.324. The molecule has 0 radical (unpaired) electrons. The van der Waals surface area contributed by atoms with Crippen LogP contribution in [0.3, 0.4) is 0 Å². The minimum Gasteiger partial charge on any atom is -0.337 e. The Labute approximate surface area is 236 Å². The normalized spacial score (nSPS) is 23.1. The zero-order valence-electron chi connectivity index (χ0n) is 23.2. The Balaban J connectivity index is 1.22. The van der Waals surface area contributed by atoms with Crippen molar-refractivity contribution in [2.24, 2.45) is 11.8 Å². The number of anilines is 2. The molecule has 3 nitrogen and oxygen atoms in total. The van der Waals surface area contributed by atoms with Gasteiger partial charge in [0.15, 0.2) is 0 Å². The number of para-hydroxylation sites is 2. The summed E-state index contributed by atoms with van der Waals surface area (Å²) in [6.45, 7) is 2.23. The molecule has 3 heteroatoms. The van der Waals surface area contributed by atoms with Crippen molar-refractivity contribution in [3.8, 4) is 5.69 Å². The first-order valence-corrected chi connectivity index (χ1v) is 15.2. The van der Waals surface area contributed by atoms with Crippen molar-refractivity contribution < 1.29 is 4.79 Å². The first-order chi connectivity index (χ1) is 19.7. The van der Waals surface area contributed by atoms with Gasteiger partial charge in [0.05, 0.1) is 11.0 Å². The van der Waals surface area contributed by atoms with E-state index in [0.29, 0.717) is 17.7 Å². The van der Waals surface area contributed by atoms with E-state index in [1.807, 2.05) is 0 Å². The average molecular weight is 525 g/mol. The lowest BCUT2D eigenvalue weighted by atomic mass is 9.68. The van der Waals surface area contributed by atoms with Gasteiger partial charge in [0.2, 0.25) is 0 Å². The Morgan fingerprint density at radius 1 is 0.675 bits per heavy atom. The minimum atomic E-state index is 0.474. The second-order valence-electron chi connectivity index (χ2n) is 12.4. The number of aromatic nitrogens is 1. The van der Waals surface area contributed by atoms with E-state index in [1.165, 1.54) is 69.3 Å². The SMILES string of the molecule is Cc1ccc2c(c1)C1CC(C3CCC(=O)CC3)CCC1N2c1ccc2c(c1)c1ccccc1n2-c1ccccc1. The molecule has 5 aromatic rings. The molecule has 4 aromatic carbocycles. The highest BCUT2D eigenvalue weighted by Gasteiger charge is 2.44. The van der Waals surface area contributed by atoms with Crippen molar-refractivity contribution in [2.45, 2.75) is 63.8 Å². The number of hydrogen-bond donors (Lipinski definition) is 0. The van der Waals surface area contributed by atoms with Crippen LogP contribution in [-0.4, -0.2) is 16.4 Å². The van der Waals surface area contributed by atoms with E-state index in [0.717, 1.165) is 37.5 Å². The average Bonchev–Trinajstić information content (AvgIpc) is 3.49. The lowest BCUT2D eigenvalue weighted by Crippen LogP contribution is -2.37. The van der Waals surface area contributed by atoms with Gasteiger partial charge in [-0.1, -0.05) is 54.1 Å².